The van der Waals surface area contributed by atoms with Gasteiger partial charge >= 0.3 is 24.7 Å². The Morgan fingerprint density at radius 1 is 0.528 bits per heavy atom. The number of aryl methyl sites for hydroxylation is 1. The lowest BCUT2D eigenvalue weighted by Crippen LogP contribution is -2.29. The molecule has 3 nitrogen and oxygen atoms in total. The van der Waals surface area contributed by atoms with E-state index in [9.17, 15) is 43.9 Å². The summed E-state index contributed by atoms with van der Waals surface area (Å²) in [5, 5.41) is 0.521. The van der Waals surface area contributed by atoms with E-state index < -0.39 is 93.3 Å². The molecule has 0 aromatic heterocycles. The minimum atomic E-state index is -5.96. The predicted molar refractivity (Wildman–Crippen MR) is 156 cm³/mol. The zero-order chi connectivity index (χ0) is 39.3. The number of alkyl halides is 9. The SMILES string of the molecule is CCCc1ccc2c(F)c(-c3cc(F)c(C(F)(F)Oc4cc(F)c(C(F)(F)Oc5ccc(C(F)(F)OC(F)(F)F)c(F)c5)c(F)c4)c(F)c3)ccc2c1. The molecule has 0 atom stereocenters. The first kappa shape index (κ1) is 39.1. The van der Waals surface area contributed by atoms with Crippen LogP contribution in [0.5, 0.6) is 11.5 Å². The largest absolute Gasteiger partial charge is 0.527 e. The van der Waals surface area contributed by atoms with Crippen molar-refractivity contribution >= 4 is 10.8 Å². The summed E-state index contributed by atoms with van der Waals surface area (Å²) in [6, 6.07) is 7.14. The lowest BCUT2D eigenvalue weighted by atomic mass is 9.97. The normalized spacial score (nSPS) is 12.8. The van der Waals surface area contributed by atoms with Crippen molar-refractivity contribution in [3.05, 3.63) is 130 Å². The number of ether oxygens (including phenoxy) is 3. The fraction of sp³-hybridized carbons (Fsp3) is 0.200. The molecule has 0 amide bonds. The second kappa shape index (κ2) is 14.0. The Morgan fingerprint density at radius 2 is 1.06 bits per heavy atom. The first-order chi connectivity index (χ1) is 24.5. The molecule has 0 heterocycles. The molecule has 5 rings (SSSR count). The molecule has 0 unspecified atom stereocenters. The van der Waals surface area contributed by atoms with E-state index in [0.29, 0.717) is 23.9 Å². The highest BCUT2D eigenvalue weighted by molar-refractivity contribution is 5.88. The van der Waals surface area contributed by atoms with Gasteiger partial charge in [0.2, 0.25) is 0 Å². The molecule has 53 heavy (non-hydrogen) atoms. The number of fused-ring (bicyclic) bond motifs is 1. The third-order valence-electron chi connectivity index (χ3n) is 7.50. The molecule has 0 spiro atoms. The molecule has 0 fully saturated rings. The van der Waals surface area contributed by atoms with Crippen molar-refractivity contribution in [2.24, 2.45) is 0 Å². The molecule has 0 aliphatic rings. The Kier molecular flexibility index (Phi) is 10.3. The molecule has 18 heteroatoms. The Balaban J connectivity index is 1.38. The molecule has 0 saturated heterocycles. The summed E-state index contributed by atoms with van der Waals surface area (Å²) in [6.45, 7) is 1.93. The third-order valence-corrected chi connectivity index (χ3v) is 7.50. The molecule has 5 aromatic carbocycles. The first-order valence-corrected chi connectivity index (χ1v) is 14.8. The average molecular weight is 773 g/mol. The van der Waals surface area contributed by atoms with Gasteiger partial charge in [-0.25, -0.2) is 31.1 Å². The molecule has 0 saturated carbocycles. The number of hydrogen-bond acceptors (Lipinski definition) is 3. The van der Waals surface area contributed by atoms with Crippen LogP contribution in [0.4, 0.5) is 65.9 Å². The molecule has 0 bridgehead atoms. The van der Waals surface area contributed by atoms with Gasteiger partial charge in [-0.3, -0.25) is 0 Å². The maximum absolute atomic E-state index is 15.4. The van der Waals surface area contributed by atoms with Crippen molar-refractivity contribution in [3.63, 3.8) is 0 Å². The van der Waals surface area contributed by atoms with Crippen LogP contribution in [0.2, 0.25) is 0 Å². The maximum atomic E-state index is 15.4. The Labute approximate surface area is 288 Å². The molecular weight excluding hydrogens is 753 g/mol. The van der Waals surface area contributed by atoms with Crippen molar-refractivity contribution in [2.75, 3.05) is 0 Å². The minimum Gasteiger partial charge on any atom is -0.429 e. The van der Waals surface area contributed by atoms with Crippen LogP contribution in [0.3, 0.4) is 0 Å². The zero-order valence-corrected chi connectivity index (χ0v) is 26.2. The molecule has 0 radical (unpaired) electrons. The summed E-state index contributed by atoms with van der Waals surface area (Å²) in [4.78, 5) is 0. The zero-order valence-electron chi connectivity index (χ0n) is 26.2. The number of benzene rings is 5. The third kappa shape index (κ3) is 8.26. The fourth-order valence-corrected chi connectivity index (χ4v) is 5.30. The van der Waals surface area contributed by atoms with Gasteiger partial charge in [-0.1, -0.05) is 43.7 Å². The van der Waals surface area contributed by atoms with E-state index in [2.05, 4.69) is 14.2 Å². The van der Waals surface area contributed by atoms with E-state index in [1.54, 1.807) is 12.1 Å². The quantitative estimate of drug-likeness (QED) is 0.125. The second-order valence-corrected chi connectivity index (χ2v) is 11.3. The second-order valence-electron chi connectivity index (χ2n) is 11.3. The van der Waals surface area contributed by atoms with Gasteiger partial charge in [0.1, 0.15) is 57.5 Å². The molecule has 0 aliphatic heterocycles. The van der Waals surface area contributed by atoms with Gasteiger partial charge in [-0.05, 0) is 47.2 Å². The molecular formula is C35H19F15O3. The van der Waals surface area contributed by atoms with Crippen LogP contribution in [0.1, 0.15) is 35.6 Å². The van der Waals surface area contributed by atoms with Crippen molar-refractivity contribution in [2.45, 2.75) is 44.5 Å². The van der Waals surface area contributed by atoms with Gasteiger partial charge in [-0.15, -0.1) is 13.2 Å². The monoisotopic (exact) mass is 772 g/mol. The Hall–Kier alpha value is -5.13. The van der Waals surface area contributed by atoms with Crippen LogP contribution >= 0.6 is 0 Å². The summed E-state index contributed by atoms with van der Waals surface area (Å²) < 4.78 is 223. The van der Waals surface area contributed by atoms with Crippen molar-refractivity contribution in [1.82, 2.24) is 0 Å². The average Bonchev–Trinajstić information content (AvgIpc) is 2.98. The van der Waals surface area contributed by atoms with Crippen molar-refractivity contribution in [1.29, 1.82) is 0 Å². The highest BCUT2D eigenvalue weighted by Crippen LogP contribution is 2.43. The number of halogens is 15. The van der Waals surface area contributed by atoms with E-state index in [1.807, 2.05) is 6.92 Å². The van der Waals surface area contributed by atoms with Gasteiger partial charge < -0.3 is 9.47 Å². The van der Waals surface area contributed by atoms with Crippen LogP contribution in [-0.2, 0) is 29.5 Å². The van der Waals surface area contributed by atoms with E-state index in [1.165, 1.54) is 18.2 Å². The van der Waals surface area contributed by atoms with Crippen LogP contribution < -0.4 is 9.47 Å². The van der Waals surface area contributed by atoms with Gasteiger partial charge in [-0.2, -0.15) is 26.3 Å². The summed E-state index contributed by atoms with van der Waals surface area (Å²) in [5.74, 6) is -15.0. The van der Waals surface area contributed by atoms with Crippen LogP contribution in [0.15, 0.2) is 72.8 Å². The maximum Gasteiger partial charge on any atom is 0.527 e. The fourth-order valence-electron chi connectivity index (χ4n) is 5.30. The molecule has 0 N–H and O–H groups in total. The van der Waals surface area contributed by atoms with Crippen LogP contribution in [0, 0.1) is 34.9 Å². The lowest BCUT2D eigenvalue weighted by molar-refractivity contribution is -0.432. The molecule has 282 valence electrons. The smallest absolute Gasteiger partial charge is 0.429 e. The standard InChI is InChI=1S/C35H19F15O3/c1-2-3-16-4-7-21-17(10-16)5-8-22(31(21)41)18-11-25(37)29(26(38)12-18)34(46,47)52-20-14-27(39)30(28(40)15-20)33(44,45)51-19-6-9-23(24(36)13-19)32(42,43)53-35(48,49)50/h4-15H,2-3H2,1H3. The number of hydrogen-bond donors (Lipinski definition) is 0. The summed E-state index contributed by atoms with van der Waals surface area (Å²) in [5.41, 5.74) is -6.53. The van der Waals surface area contributed by atoms with Gasteiger partial charge in [0, 0.05) is 29.1 Å². The van der Waals surface area contributed by atoms with E-state index in [-0.39, 0.29) is 41.3 Å². The van der Waals surface area contributed by atoms with Gasteiger partial charge in [0.05, 0.1) is 5.56 Å². The summed E-state index contributed by atoms with van der Waals surface area (Å²) >= 11 is 0. The van der Waals surface area contributed by atoms with E-state index in [4.69, 9.17) is 0 Å². The Morgan fingerprint density at radius 3 is 1.58 bits per heavy atom. The van der Waals surface area contributed by atoms with Crippen LogP contribution in [0.25, 0.3) is 21.9 Å². The van der Waals surface area contributed by atoms with Gasteiger partial charge in [0.15, 0.2) is 0 Å². The predicted octanol–water partition coefficient (Wildman–Crippen LogP) is 12.1. The minimum absolute atomic E-state index is 0.0640. The van der Waals surface area contributed by atoms with Crippen molar-refractivity contribution < 1.29 is 80.1 Å². The van der Waals surface area contributed by atoms with Gasteiger partial charge in [0.25, 0.3) is 0 Å². The highest BCUT2D eigenvalue weighted by atomic mass is 19.4. The van der Waals surface area contributed by atoms with Crippen LogP contribution in [-0.4, -0.2) is 6.36 Å². The highest BCUT2D eigenvalue weighted by Gasteiger charge is 2.48. The van der Waals surface area contributed by atoms with Crippen molar-refractivity contribution in [3.8, 4) is 22.6 Å². The topological polar surface area (TPSA) is 27.7 Å². The summed E-state index contributed by atoms with van der Waals surface area (Å²) in [7, 11) is 0. The first-order valence-electron chi connectivity index (χ1n) is 14.8. The summed E-state index contributed by atoms with van der Waals surface area (Å²) in [6.07, 6.45) is -20.1. The van der Waals surface area contributed by atoms with E-state index >= 15 is 22.0 Å². The Bertz CT molecular complexity index is 2140. The van der Waals surface area contributed by atoms with E-state index in [0.717, 1.165) is 12.0 Å². The molecule has 5 aromatic rings. The molecule has 0 aliphatic carbocycles. The number of rotatable bonds is 11. The lowest BCUT2D eigenvalue weighted by Gasteiger charge is -2.23.